The highest BCUT2D eigenvalue weighted by molar-refractivity contribution is 6.00. The summed E-state index contributed by atoms with van der Waals surface area (Å²) in [5, 5.41) is 11.0. The van der Waals surface area contributed by atoms with Crippen LogP contribution in [0.5, 0.6) is 0 Å². The summed E-state index contributed by atoms with van der Waals surface area (Å²) in [4.78, 5) is 23.1. The number of rotatable bonds is 4. The number of nitrogens with one attached hydrogen (secondary N) is 1. The number of nitrogens with zero attached hydrogens (tertiary/aromatic N) is 1. The molecular formula is C7H14N2O3. The molecule has 5 heteroatoms. The Balaban J connectivity index is 4.31. The summed E-state index contributed by atoms with van der Waals surface area (Å²) in [7, 11) is 3.01. The summed E-state index contributed by atoms with van der Waals surface area (Å²) in [5.74, 6) is -1.57. The van der Waals surface area contributed by atoms with Crippen molar-refractivity contribution in [3.63, 3.8) is 0 Å². The number of hydrogen-bond donors (Lipinski definition) is 2. The van der Waals surface area contributed by atoms with Crippen LogP contribution >= 0.6 is 0 Å². The summed E-state index contributed by atoms with van der Waals surface area (Å²) in [6, 6.07) is -1.13. The zero-order valence-electron chi connectivity index (χ0n) is 7.50. The maximum Gasteiger partial charge on any atom is 0.330 e. The van der Waals surface area contributed by atoms with Crippen LogP contribution in [0.3, 0.4) is 0 Å². The van der Waals surface area contributed by atoms with Gasteiger partial charge in [0.1, 0.15) is 0 Å². The number of likely N-dealkylation sites (N-methyl/N-ethyl adjacent to an activating group) is 2. The minimum absolute atomic E-state index is 0.424. The van der Waals surface area contributed by atoms with Crippen LogP contribution in [0.25, 0.3) is 0 Å². The minimum Gasteiger partial charge on any atom is -0.480 e. The van der Waals surface area contributed by atoms with E-state index < -0.39 is 17.9 Å². The summed E-state index contributed by atoms with van der Waals surface area (Å²) in [5.41, 5.74) is 0. The van der Waals surface area contributed by atoms with Crippen LogP contribution in [0.1, 0.15) is 6.92 Å². The number of amides is 1. The van der Waals surface area contributed by atoms with Crippen molar-refractivity contribution in [2.75, 3.05) is 20.6 Å². The number of aliphatic carboxylic acids is 1. The van der Waals surface area contributed by atoms with Gasteiger partial charge in [0.25, 0.3) is 5.91 Å². The highest BCUT2D eigenvalue weighted by Crippen LogP contribution is 1.91. The molecule has 0 aliphatic rings. The molecule has 70 valence electrons. The monoisotopic (exact) mass is 174 g/mol. The molecule has 0 aliphatic carbocycles. The Labute approximate surface area is 71.4 Å². The van der Waals surface area contributed by atoms with E-state index in [0.29, 0.717) is 6.54 Å². The van der Waals surface area contributed by atoms with Crippen molar-refractivity contribution in [1.82, 2.24) is 10.2 Å². The molecule has 0 rings (SSSR count). The number of carboxylic acid groups (broad SMARTS) is 1. The van der Waals surface area contributed by atoms with Crippen molar-refractivity contribution in [2.45, 2.75) is 13.0 Å². The number of hydrogen-bond acceptors (Lipinski definition) is 3. The van der Waals surface area contributed by atoms with Gasteiger partial charge in [-0.25, -0.2) is 4.79 Å². The molecule has 0 fully saturated rings. The third-order valence-electron chi connectivity index (χ3n) is 1.63. The Morgan fingerprint density at radius 3 is 2.33 bits per heavy atom. The van der Waals surface area contributed by atoms with E-state index in [-0.39, 0.29) is 0 Å². The minimum atomic E-state index is -1.15. The predicted molar refractivity (Wildman–Crippen MR) is 43.8 cm³/mol. The molecule has 1 amide bonds. The predicted octanol–water partition coefficient (Wildman–Crippen LogP) is -0.863. The second-order valence-corrected chi connectivity index (χ2v) is 2.41. The first-order valence-electron chi connectivity index (χ1n) is 3.69. The van der Waals surface area contributed by atoms with E-state index in [1.54, 1.807) is 14.0 Å². The number of carbonyl (C=O) groups is 2. The van der Waals surface area contributed by atoms with Crippen LogP contribution in [-0.4, -0.2) is 48.6 Å². The molecule has 0 saturated carbocycles. The summed E-state index contributed by atoms with van der Waals surface area (Å²) in [6.45, 7) is 2.29. The van der Waals surface area contributed by atoms with E-state index in [1.165, 1.54) is 11.9 Å². The lowest BCUT2D eigenvalue weighted by atomic mass is 10.2. The van der Waals surface area contributed by atoms with Crippen LogP contribution in [0.2, 0.25) is 0 Å². The van der Waals surface area contributed by atoms with E-state index in [4.69, 9.17) is 5.11 Å². The molecule has 0 aromatic carbocycles. The molecule has 12 heavy (non-hydrogen) atoms. The first kappa shape index (κ1) is 10.9. The van der Waals surface area contributed by atoms with E-state index in [2.05, 4.69) is 5.32 Å². The first-order chi connectivity index (χ1) is 5.54. The van der Waals surface area contributed by atoms with Gasteiger partial charge in [-0.15, -0.1) is 0 Å². The maximum atomic E-state index is 11.2. The Morgan fingerprint density at radius 2 is 2.08 bits per heavy atom. The van der Waals surface area contributed by atoms with Gasteiger partial charge in [0.2, 0.25) is 0 Å². The lowest BCUT2D eigenvalue weighted by molar-refractivity contribution is -0.147. The van der Waals surface area contributed by atoms with E-state index in [0.717, 1.165) is 0 Å². The lowest BCUT2D eigenvalue weighted by Crippen LogP contribution is -2.48. The average Bonchev–Trinajstić information content (AvgIpc) is 2.03. The van der Waals surface area contributed by atoms with Gasteiger partial charge >= 0.3 is 5.97 Å². The Bertz CT molecular complexity index is 181. The van der Waals surface area contributed by atoms with E-state index in [1.807, 2.05) is 0 Å². The van der Waals surface area contributed by atoms with Gasteiger partial charge < -0.3 is 10.0 Å². The van der Waals surface area contributed by atoms with Gasteiger partial charge in [-0.2, -0.15) is 0 Å². The van der Waals surface area contributed by atoms with E-state index in [9.17, 15) is 9.59 Å². The molecular weight excluding hydrogens is 160 g/mol. The summed E-state index contributed by atoms with van der Waals surface area (Å²) < 4.78 is 0. The Hall–Kier alpha value is -1.10. The van der Waals surface area contributed by atoms with E-state index >= 15 is 0 Å². The largest absolute Gasteiger partial charge is 0.480 e. The van der Waals surface area contributed by atoms with Crippen molar-refractivity contribution in [3.8, 4) is 0 Å². The normalized spacial score (nSPS) is 12.2. The summed E-state index contributed by atoms with van der Waals surface area (Å²) >= 11 is 0. The second kappa shape index (κ2) is 4.71. The quantitative estimate of drug-likeness (QED) is 0.544. The fourth-order valence-electron chi connectivity index (χ4n) is 0.729. The summed E-state index contributed by atoms with van der Waals surface area (Å²) in [6.07, 6.45) is 0. The zero-order chi connectivity index (χ0) is 9.72. The number of carboxylic acids is 1. The Morgan fingerprint density at radius 1 is 1.58 bits per heavy atom. The van der Waals surface area contributed by atoms with Gasteiger partial charge in [-0.1, -0.05) is 0 Å². The van der Waals surface area contributed by atoms with Gasteiger partial charge in [0.05, 0.1) is 0 Å². The average molecular weight is 174 g/mol. The fraction of sp³-hybridized carbons (Fsp3) is 0.714. The topological polar surface area (TPSA) is 69.6 Å². The first-order valence-corrected chi connectivity index (χ1v) is 3.69. The van der Waals surface area contributed by atoms with Crippen molar-refractivity contribution >= 4 is 11.9 Å². The molecule has 1 unspecified atom stereocenters. The van der Waals surface area contributed by atoms with Crippen LogP contribution in [0, 0.1) is 0 Å². The highest BCUT2D eigenvalue weighted by atomic mass is 16.4. The van der Waals surface area contributed by atoms with Crippen LogP contribution in [-0.2, 0) is 9.59 Å². The SMILES string of the molecule is CCN(C)C(=O)C(NC)C(=O)O. The molecule has 0 saturated heterocycles. The molecule has 2 N–H and O–H groups in total. The lowest BCUT2D eigenvalue weighted by Gasteiger charge is -2.18. The second-order valence-electron chi connectivity index (χ2n) is 2.41. The molecule has 0 radical (unpaired) electrons. The molecule has 0 spiro atoms. The maximum absolute atomic E-state index is 11.2. The molecule has 5 nitrogen and oxygen atoms in total. The smallest absolute Gasteiger partial charge is 0.330 e. The van der Waals surface area contributed by atoms with Crippen LogP contribution < -0.4 is 5.32 Å². The molecule has 0 aromatic heterocycles. The number of carbonyl (C=O) groups excluding carboxylic acids is 1. The third kappa shape index (κ3) is 2.50. The van der Waals surface area contributed by atoms with Crippen molar-refractivity contribution < 1.29 is 14.7 Å². The van der Waals surface area contributed by atoms with Crippen LogP contribution in [0.4, 0.5) is 0 Å². The third-order valence-corrected chi connectivity index (χ3v) is 1.63. The molecule has 0 bridgehead atoms. The molecule has 0 heterocycles. The highest BCUT2D eigenvalue weighted by Gasteiger charge is 2.26. The van der Waals surface area contributed by atoms with Crippen molar-refractivity contribution in [2.24, 2.45) is 0 Å². The fourth-order valence-corrected chi connectivity index (χ4v) is 0.729. The molecule has 0 aliphatic heterocycles. The van der Waals surface area contributed by atoms with Gasteiger partial charge in [0.15, 0.2) is 6.04 Å². The molecule has 0 aromatic rings. The van der Waals surface area contributed by atoms with Gasteiger partial charge in [0, 0.05) is 13.6 Å². The standard InChI is InChI=1S/C7H14N2O3/c1-4-9(3)6(10)5(8-2)7(11)12/h5,8H,4H2,1-3H3,(H,11,12). The zero-order valence-corrected chi connectivity index (χ0v) is 7.50. The van der Waals surface area contributed by atoms with Crippen LogP contribution in [0.15, 0.2) is 0 Å². The van der Waals surface area contributed by atoms with Gasteiger partial charge in [-0.05, 0) is 14.0 Å². The van der Waals surface area contributed by atoms with Crippen molar-refractivity contribution in [3.05, 3.63) is 0 Å². The Kier molecular flexibility index (Phi) is 4.28. The van der Waals surface area contributed by atoms with Crippen molar-refractivity contribution in [1.29, 1.82) is 0 Å². The molecule has 1 atom stereocenters. The van der Waals surface area contributed by atoms with Gasteiger partial charge in [-0.3, -0.25) is 10.1 Å².